The van der Waals surface area contributed by atoms with Gasteiger partial charge in [0.2, 0.25) is 5.91 Å². The van der Waals surface area contributed by atoms with Gasteiger partial charge in [-0.25, -0.2) is 4.99 Å². The van der Waals surface area contributed by atoms with Crippen molar-refractivity contribution in [2.24, 2.45) is 4.99 Å². The molecule has 1 atom stereocenters. The van der Waals surface area contributed by atoms with Gasteiger partial charge in [-0.15, -0.1) is 0 Å². The van der Waals surface area contributed by atoms with E-state index in [4.69, 9.17) is 4.74 Å². The molecule has 0 aromatic heterocycles. The van der Waals surface area contributed by atoms with Crippen LogP contribution in [0, 0.1) is 0 Å². The van der Waals surface area contributed by atoms with Gasteiger partial charge in [-0.05, 0) is 19.3 Å². The Hall–Kier alpha value is -1.30. The normalized spacial score (nSPS) is 18.7. The van der Waals surface area contributed by atoms with Gasteiger partial charge in [-0.1, -0.05) is 13.3 Å². The van der Waals surface area contributed by atoms with Gasteiger partial charge in [0.05, 0.1) is 6.10 Å². The first kappa shape index (κ1) is 17.8. The first-order valence-corrected chi connectivity index (χ1v) is 7.85. The van der Waals surface area contributed by atoms with Gasteiger partial charge in [0.1, 0.15) is 6.54 Å². The Morgan fingerprint density at radius 3 is 2.71 bits per heavy atom. The maximum atomic E-state index is 11.7. The van der Waals surface area contributed by atoms with E-state index >= 15 is 0 Å². The molecule has 21 heavy (non-hydrogen) atoms. The molecule has 6 nitrogen and oxygen atoms in total. The number of hydrogen-bond acceptors (Lipinski definition) is 3. The van der Waals surface area contributed by atoms with Crippen molar-refractivity contribution in [2.45, 2.75) is 38.7 Å². The summed E-state index contributed by atoms with van der Waals surface area (Å²) in [6, 6.07) is 0. The Labute approximate surface area is 128 Å². The van der Waals surface area contributed by atoms with Crippen molar-refractivity contribution in [2.75, 3.05) is 47.4 Å². The maximum Gasteiger partial charge on any atom is 0.243 e. The molecule has 1 aliphatic heterocycles. The molecule has 0 spiro atoms. The zero-order valence-corrected chi connectivity index (χ0v) is 13.9. The van der Waals surface area contributed by atoms with Crippen molar-refractivity contribution in [1.29, 1.82) is 0 Å². The number of guanidine groups is 1. The summed E-state index contributed by atoms with van der Waals surface area (Å²) in [5.41, 5.74) is 0. The number of rotatable bonds is 7. The zero-order chi connectivity index (χ0) is 15.7. The minimum Gasteiger partial charge on any atom is -0.376 e. The van der Waals surface area contributed by atoms with Crippen LogP contribution in [-0.4, -0.2) is 75.2 Å². The number of nitrogens with zero attached hydrogens (tertiary/aromatic N) is 3. The van der Waals surface area contributed by atoms with E-state index in [0.29, 0.717) is 0 Å². The molecule has 122 valence electrons. The second kappa shape index (κ2) is 9.60. The lowest BCUT2D eigenvalue weighted by Gasteiger charge is -2.23. The minimum atomic E-state index is 0.00954. The fourth-order valence-corrected chi connectivity index (χ4v) is 2.11. The molecule has 0 bridgehead atoms. The summed E-state index contributed by atoms with van der Waals surface area (Å²) in [5.74, 6) is 0.796. The SMILES string of the molecule is CCCCN(C)C(=NCC(=O)N(C)C)NCC1CCCO1. The van der Waals surface area contributed by atoms with Crippen LogP contribution >= 0.6 is 0 Å². The van der Waals surface area contributed by atoms with E-state index in [1.807, 2.05) is 7.05 Å². The molecular formula is C15H30N4O2. The standard InChI is InChI=1S/C15H30N4O2/c1-5-6-9-19(4)15(17-12-14(20)18(2)3)16-11-13-8-7-10-21-13/h13H,5-12H2,1-4H3,(H,16,17). The molecule has 0 aromatic rings. The van der Waals surface area contributed by atoms with Crippen molar-refractivity contribution in [3.63, 3.8) is 0 Å². The van der Waals surface area contributed by atoms with Crippen LogP contribution in [0.15, 0.2) is 4.99 Å². The van der Waals surface area contributed by atoms with Crippen LogP contribution in [0.25, 0.3) is 0 Å². The van der Waals surface area contributed by atoms with E-state index in [1.165, 1.54) is 0 Å². The quantitative estimate of drug-likeness (QED) is 0.561. The molecule has 1 unspecified atom stereocenters. The van der Waals surface area contributed by atoms with E-state index in [-0.39, 0.29) is 18.6 Å². The number of ether oxygens (including phenoxy) is 1. The van der Waals surface area contributed by atoms with E-state index in [1.54, 1.807) is 19.0 Å². The van der Waals surface area contributed by atoms with Gasteiger partial charge in [-0.3, -0.25) is 4.79 Å². The van der Waals surface area contributed by atoms with Gasteiger partial charge >= 0.3 is 0 Å². The Morgan fingerprint density at radius 2 is 2.14 bits per heavy atom. The van der Waals surface area contributed by atoms with Crippen molar-refractivity contribution < 1.29 is 9.53 Å². The highest BCUT2D eigenvalue weighted by Crippen LogP contribution is 2.10. The largest absolute Gasteiger partial charge is 0.376 e. The minimum absolute atomic E-state index is 0.00954. The van der Waals surface area contributed by atoms with Crippen LogP contribution in [0.1, 0.15) is 32.6 Å². The number of aliphatic imine (C=N–C) groups is 1. The molecule has 0 saturated carbocycles. The number of likely N-dealkylation sites (N-methyl/N-ethyl adjacent to an activating group) is 1. The first-order valence-electron chi connectivity index (χ1n) is 7.85. The molecule has 1 fully saturated rings. The predicted molar refractivity (Wildman–Crippen MR) is 85.5 cm³/mol. The summed E-state index contributed by atoms with van der Waals surface area (Å²) in [5, 5.41) is 3.34. The fourth-order valence-electron chi connectivity index (χ4n) is 2.11. The number of carbonyl (C=O) groups is 1. The maximum absolute atomic E-state index is 11.7. The monoisotopic (exact) mass is 298 g/mol. The van der Waals surface area contributed by atoms with Gasteiger partial charge in [-0.2, -0.15) is 0 Å². The summed E-state index contributed by atoms with van der Waals surface area (Å²) in [6.07, 6.45) is 4.73. The van der Waals surface area contributed by atoms with E-state index in [0.717, 1.165) is 51.3 Å². The Bertz CT molecular complexity index is 339. The summed E-state index contributed by atoms with van der Waals surface area (Å²) >= 11 is 0. The second-order valence-electron chi connectivity index (χ2n) is 5.72. The topological polar surface area (TPSA) is 57.2 Å². The van der Waals surface area contributed by atoms with Crippen molar-refractivity contribution in [3.8, 4) is 0 Å². The lowest BCUT2D eigenvalue weighted by Crippen LogP contribution is -2.43. The number of nitrogens with one attached hydrogen (secondary N) is 1. The van der Waals surface area contributed by atoms with Crippen molar-refractivity contribution in [1.82, 2.24) is 15.1 Å². The number of carbonyl (C=O) groups excluding carboxylic acids is 1. The van der Waals surface area contributed by atoms with Crippen LogP contribution in [-0.2, 0) is 9.53 Å². The Balaban J connectivity index is 2.54. The Kier molecular flexibility index (Phi) is 8.12. The third-order valence-electron chi connectivity index (χ3n) is 3.58. The van der Waals surface area contributed by atoms with Crippen LogP contribution in [0.4, 0.5) is 0 Å². The van der Waals surface area contributed by atoms with Crippen molar-refractivity contribution >= 4 is 11.9 Å². The lowest BCUT2D eigenvalue weighted by molar-refractivity contribution is -0.127. The molecule has 0 aliphatic carbocycles. The summed E-state index contributed by atoms with van der Waals surface area (Å²) in [6.45, 7) is 4.89. The fraction of sp³-hybridized carbons (Fsp3) is 0.867. The smallest absolute Gasteiger partial charge is 0.243 e. The molecule has 1 amide bonds. The zero-order valence-electron chi connectivity index (χ0n) is 13.9. The van der Waals surface area contributed by atoms with Crippen LogP contribution in [0.3, 0.4) is 0 Å². The van der Waals surface area contributed by atoms with Gasteiger partial charge < -0.3 is 19.9 Å². The second-order valence-corrected chi connectivity index (χ2v) is 5.72. The third kappa shape index (κ3) is 6.80. The average Bonchev–Trinajstić information content (AvgIpc) is 2.97. The van der Waals surface area contributed by atoms with Gasteiger partial charge in [0.25, 0.3) is 0 Å². The van der Waals surface area contributed by atoms with Gasteiger partial charge in [0, 0.05) is 40.8 Å². The number of amides is 1. The molecular weight excluding hydrogens is 268 g/mol. The Morgan fingerprint density at radius 1 is 1.38 bits per heavy atom. The molecule has 0 aromatic carbocycles. The van der Waals surface area contributed by atoms with Gasteiger partial charge in [0.15, 0.2) is 5.96 Å². The third-order valence-corrected chi connectivity index (χ3v) is 3.58. The summed E-state index contributed by atoms with van der Waals surface area (Å²) in [4.78, 5) is 19.8. The first-order chi connectivity index (χ1) is 10.0. The molecule has 6 heteroatoms. The number of unbranched alkanes of at least 4 members (excludes halogenated alkanes) is 1. The molecule has 1 aliphatic rings. The highest BCUT2D eigenvalue weighted by atomic mass is 16.5. The molecule has 1 saturated heterocycles. The summed E-state index contributed by atoms with van der Waals surface area (Å²) < 4.78 is 5.62. The lowest BCUT2D eigenvalue weighted by atomic mass is 10.2. The molecule has 0 radical (unpaired) electrons. The van der Waals surface area contributed by atoms with E-state index < -0.39 is 0 Å². The van der Waals surface area contributed by atoms with Crippen LogP contribution in [0.2, 0.25) is 0 Å². The average molecular weight is 298 g/mol. The molecule has 1 N–H and O–H groups in total. The van der Waals surface area contributed by atoms with E-state index in [2.05, 4.69) is 22.1 Å². The molecule has 1 rings (SSSR count). The highest BCUT2D eigenvalue weighted by molar-refractivity contribution is 5.84. The number of hydrogen-bond donors (Lipinski definition) is 1. The van der Waals surface area contributed by atoms with Crippen LogP contribution in [0.5, 0.6) is 0 Å². The van der Waals surface area contributed by atoms with Crippen LogP contribution < -0.4 is 5.32 Å². The highest BCUT2D eigenvalue weighted by Gasteiger charge is 2.17. The molecule has 1 heterocycles. The van der Waals surface area contributed by atoms with E-state index in [9.17, 15) is 4.79 Å². The van der Waals surface area contributed by atoms with Crippen molar-refractivity contribution in [3.05, 3.63) is 0 Å². The predicted octanol–water partition coefficient (Wildman–Crippen LogP) is 0.931. The summed E-state index contributed by atoms with van der Waals surface area (Å²) in [7, 11) is 5.51.